The van der Waals surface area contributed by atoms with Crippen molar-refractivity contribution in [1.82, 2.24) is 19.2 Å². The van der Waals surface area contributed by atoms with E-state index in [1.807, 2.05) is 19.9 Å². The van der Waals surface area contributed by atoms with Gasteiger partial charge >= 0.3 is 0 Å². The molecule has 0 amide bonds. The van der Waals surface area contributed by atoms with Crippen molar-refractivity contribution < 1.29 is 5.11 Å². The van der Waals surface area contributed by atoms with Crippen LogP contribution in [0.4, 0.5) is 0 Å². The molecule has 1 N–H and O–H groups in total. The van der Waals surface area contributed by atoms with Crippen molar-refractivity contribution in [2.45, 2.75) is 32.7 Å². The van der Waals surface area contributed by atoms with Crippen LogP contribution in [0.1, 0.15) is 40.0 Å². The molecule has 4 rings (SSSR count). The molecule has 1 aliphatic rings. The molecule has 0 saturated heterocycles. The highest BCUT2D eigenvalue weighted by atomic mass is 32.1. The summed E-state index contributed by atoms with van der Waals surface area (Å²) in [5.41, 5.74) is 2.72. The third-order valence-corrected chi connectivity index (χ3v) is 5.67. The third-order valence-electron chi connectivity index (χ3n) is 4.70. The monoisotopic (exact) mass is 355 g/mol. The van der Waals surface area contributed by atoms with Crippen molar-refractivity contribution in [1.29, 1.82) is 5.26 Å². The molecular formula is C17H17N5O2S. The van der Waals surface area contributed by atoms with E-state index in [9.17, 15) is 9.90 Å². The van der Waals surface area contributed by atoms with Gasteiger partial charge in [0.25, 0.3) is 5.56 Å². The molecule has 1 aliphatic carbocycles. The number of aliphatic hydroxyl groups excluding tert-OH is 1. The second-order valence-electron chi connectivity index (χ2n) is 6.47. The molecule has 2 atom stereocenters. The third kappa shape index (κ3) is 2.65. The molecule has 3 aromatic rings. The highest BCUT2D eigenvalue weighted by molar-refractivity contribution is 7.17. The number of aliphatic hydroxyl groups is 1. The highest BCUT2D eigenvalue weighted by Crippen LogP contribution is 2.49. The first-order valence-electron chi connectivity index (χ1n) is 8.09. The van der Waals surface area contributed by atoms with Gasteiger partial charge in [-0.1, -0.05) is 0 Å². The summed E-state index contributed by atoms with van der Waals surface area (Å²) in [6.45, 7) is 4.38. The normalized spacial score (nSPS) is 19.3. The SMILES string of the molecule is Cc1sc2nc(Cn3nc(C#N)cc3C)cc(=O)n2c1C1CC1CO. The van der Waals surface area contributed by atoms with Gasteiger partial charge in [-0.3, -0.25) is 13.9 Å². The molecular weight excluding hydrogens is 338 g/mol. The molecule has 8 heteroatoms. The number of aryl methyl sites for hydroxylation is 2. The maximum Gasteiger partial charge on any atom is 0.259 e. The number of hydrogen-bond acceptors (Lipinski definition) is 6. The summed E-state index contributed by atoms with van der Waals surface area (Å²) < 4.78 is 3.36. The predicted molar refractivity (Wildman–Crippen MR) is 92.8 cm³/mol. The summed E-state index contributed by atoms with van der Waals surface area (Å²) in [6.07, 6.45) is 0.917. The maximum absolute atomic E-state index is 12.7. The van der Waals surface area contributed by atoms with Crippen LogP contribution < -0.4 is 5.56 Å². The van der Waals surface area contributed by atoms with E-state index in [1.165, 1.54) is 17.4 Å². The maximum atomic E-state index is 12.7. The molecule has 0 aromatic carbocycles. The average Bonchev–Trinajstić information content (AvgIpc) is 3.15. The number of hydrogen-bond donors (Lipinski definition) is 1. The molecule has 0 spiro atoms. The van der Waals surface area contributed by atoms with E-state index in [-0.39, 0.29) is 24.0 Å². The van der Waals surface area contributed by atoms with Crippen LogP contribution in [0.25, 0.3) is 4.96 Å². The minimum absolute atomic E-state index is 0.103. The van der Waals surface area contributed by atoms with Crippen molar-refractivity contribution in [3.05, 3.63) is 50.1 Å². The van der Waals surface area contributed by atoms with Crippen LogP contribution in [0, 0.1) is 31.1 Å². The molecule has 1 saturated carbocycles. The summed E-state index contributed by atoms with van der Waals surface area (Å²) in [6, 6.07) is 5.26. The second kappa shape index (κ2) is 5.79. The number of nitrogens with zero attached hydrogens (tertiary/aromatic N) is 5. The van der Waals surface area contributed by atoms with Gasteiger partial charge in [0.1, 0.15) is 6.07 Å². The Kier molecular flexibility index (Phi) is 3.71. The summed E-state index contributed by atoms with van der Waals surface area (Å²) in [5.74, 6) is 0.495. The fraction of sp³-hybridized carbons (Fsp3) is 0.412. The zero-order chi connectivity index (χ0) is 17.7. The molecule has 2 unspecified atom stereocenters. The lowest BCUT2D eigenvalue weighted by Crippen LogP contribution is -2.18. The second-order valence-corrected chi connectivity index (χ2v) is 7.65. The van der Waals surface area contributed by atoms with Crippen molar-refractivity contribution in [2.75, 3.05) is 6.61 Å². The quantitative estimate of drug-likeness (QED) is 0.766. The Balaban J connectivity index is 1.75. The smallest absolute Gasteiger partial charge is 0.259 e. The summed E-state index contributed by atoms with van der Waals surface area (Å²) in [7, 11) is 0. The van der Waals surface area contributed by atoms with Crippen molar-refractivity contribution >= 4 is 16.3 Å². The van der Waals surface area contributed by atoms with Gasteiger partial charge in [0.15, 0.2) is 10.7 Å². The van der Waals surface area contributed by atoms with E-state index in [1.54, 1.807) is 15.1 Å². The molecule has 7 nitrogen and oxygen atoms in total. The Labute approximate surface area is 147 Å². The Morgan fingerprint density at radius 2 is 2.24 bits per heavy atom. The summed E-state index contributed by atoms with van der Waals surface area (Å²) in [4.78, 5) is 19.1. The Bertz CT molecular complexity index is 1070. The Morgan fingerprint density at radius 3 is 2.88 bits per heavy atom. The van der Waals surface area contributed by atoms with Gasteiger partial charge in [-0.15, -0.1) is 11.3 Å². The zero-order valence-corrected chi connectivity index (χ0v) is 14.7. The van der Waals surface area contributed by atoms with Gasteiger partial charge in [-0.05, 0) is 32.3 Å². The first kappa shape index (κ1) is 16.0. The van der Waals surface area contributed by atoms with E-state index in [4.69, 9.17) is 5.26 Å². The first-order valence-corrected chi connectivity index (χ1v) is 8.91. The molecule has 25 heavy (non-hydrogen) atoms. The predicted octanol–water partition coefficient (Wildman–Crippen LogP) is 1.59. The molecule has 0 bridgehead atoms. The minimum Gasteiger partial charge on any atom is -0.396 e. The largest absolute Gasteiger partial charge is 0.396 e. The molecule has 1 fully saturated rings. The van der Waals surface area contributed by atoms with Crippen LogP contribution in [0.2, 0.25) is 0 Å². The molecule has 128 valence electrons. The summed E-state index contributed by atoms with van der Waals surface area (Å²) >= 11 is 1.50. The standard InChI is InChI=1S/C17H17N5O2S/c1-9-3-12(6-18)20-21(9)7-13-5-15(24)22-16(14-4-11(14)8-23)10(2)25-17(22)19-13/h3,5,11,14,23H,4,7-8H2,1-2H3. The van der Waals surface area contributed by atoms with Gasteiger partial charge in [0.05, 0.1) is 12.2 Å². The van der Waals surface area contributed by atoms with Gasteiger partial charge in [0, 0.05) is 34.9 Å². The lowest BCUT2D eigenvalue weighted by atomic mass is 10.2. The van der Waals surface area contributed by atoms with Gasteiger partial charge < -0.3 is 5.11 Å². The van der Waals surface area contributed by atoms with Crippen LogP contribution >= 0.6 is 11.3 Å². The molecule has 0 radical (unpaired) electrons. The van der Waals surface area contributed by atoms with Crippen molar-refractivity contribution in [2.24, 2.45) is 5.92 Å². The van der Waals surface area contributed by atoms with Gasteiger partial charge in [-0.25, -0.2) is 4.98 Å². The minimum atomic E-state index is -0.103. The topological polar surface area (TPSA) is 96.2 Å². The lowest BCUT2D eigenvalue weighted by molar-refractivity contribution is 0.273. The summed E-state index contributed by atoms with van der Waals surface area (Å²) in [5, 5.41) is 22.5. The van der Waals surface area contributed by atoms with Crippen LogP contribution in [-0.2, 0) is 6.54 Å². The number of nitriles is 1. The van der Waals surface area contributed by atoms with Crippen LogP contribution in [-0.4, -0.2) is 30.9 Å². The zero-order valence-electron chi connectivity index (χ0n) is 13.9. The van der Waals surface area contributed by atoms with E-state index in [0.29, 0.717) is 22.9 Å². The van der Waals surface area contributed by atoms with Gasteiger partial charge in [-0.2, -0.15) is 10.4 Å². The number of thiazole rings is 1. The highest BCUT2D eigenvalue weighted by Gasteiger charge is 2.41. The van der Waals surface area contributed by atoms with Gasteiger partial charge in [0.2, 0.25) is 0 Å². The number of fused-ring (bicyclic) bond motifs is 1. The molecule has 3 aromatic heterocycles. The van der Waals surface area contributed by atoms with Crippen molar-refractivity contribution in [3.8, 4) is 6.07 Å². The molecule has 0 aliphatic heterocycles. The van der Waals surface area contributed by atoms with E-state index in [2.05, 4.69) is 10.1 Å². The Morgan fingerprint density at radius 1 is 1.44 bits per heavy atom. The fourth-order valence-electron chi connectivity index (χ4n) is 3.31. The average molecular weight is 355 g/mol. The van der Waals surface area contributed by atoms with Crippen molar-refractivity contribution in [3.63, 3.8) is 0 Å². The van der Waals surface area contributed by atoms with Crippen LogP contribution in [0.15, 0.2) is 16.9 Å². The Hall–Kier alpha value is -2.50. The first-order chi connectivity index (χ1) is 12.0. The van der Waals surface area contributed by atoms with E-state index < -0.39 is 0 Å². The fourth-order valence-corrected chi connectivity index (χ4v) is 4.38. The van der Waals surface area contributed by atoms with E-state index >= 15 is 0 Å². The van der Waals surface area contributed by atoms with Crippen LogP contribution in [0.3, 0.4) is 0 Å². The number of rotatable bonds is 4. The lowest BCUT2D eigenvalue weighted by Gasteiger charge is -2.05. The number of aromatic nitrogens is 4. The van der Waals surface area contributed by atoms with E-state index in [0.717, 1.165) is 22.7 Å². The molecule has 3 heterocycles. The van der Waals surface area contributed by atoms with Crippen LogP contribution in [0.5, 0.6) is 0 Å².